The molecular formula is C105H93ClF6N16O9S. The lowest BCUT2D eigenvalue weighted by Crippen LogP contribution is -2.19. The number of hydrogen-bond acceptors (Lipinski definition) is 14. The topological polar surface area (TPSA) is 309 Å². The lowest BCUT2D eigenvalue weighted by Gasteiger charge is -2.25. The van der Waals surface area contributed by atoms with Crippen molar-refractivity contribution >= 4 is 136 Å². The second-order valence-corrected chi connectivity index (χ2v) is 38.0. The molecule has 5 saturated heterocycles. The zero-order chi connectivity index (χ0) is 94.6. The van der Waals surface area contributed by atoms with Crippen LogP contribution in [0, 0.1) is 46.2 Å². The number of ether oxygens (including phenoxy) is 5. The number of fused-ring (bicyclic) bond motifs is 10. The van der Waals surface area contributed by atoms with Gasteiger partial charge in [-0.1, -0.05) is 11.6 Å². The lowest BCUT2D eigenvalue weighted by atomic mass is 9.91. The third-order valence-electron chi connectivity index (χ3n) is 27.3. The molecule has 0 amide bonds. The summed E-state index contributed by atoms with van der Waals surface area (Å²) in [6.07, 6.45) is 19.0. The van der Waals surface area contributed by atoms with Crippen LogP contribution in [-0.4, -0.2) is 166 Å². The summed E-state index contributed by atoms with van der Waals surface area (Å²) in [5.41, 5.74) is 19.8. The van der Waals surface area contributed by atoms with Crippen molar-refractivity contribution in [2.75, 3.05) is 72.3 Å². The molecule has 25 rings (SSSR count). The van der Waals surface area contributed by atoms with Crippen LogP contribution in [0.25, 0.3) is 137 Å². The van der Waals surface area contributed by atoms with Crippen molar-refractivity contribution in [1.29, 1.82) is 5.26 Å². The van der Waals surface area contributed by atoms with E-state index in [4.69, 9.17) is 35.3 Å². The van der Waals surface area contributed by atoms with Crippen LogP contribution >= 0.6 is 11.6 Å². The van der Waals surface area contributed by atoms with Gasteiger partial charge in [-0.2, -0.15) is 30.8 Å². The maximum Gasteiger partial charge on any atom is 0.303 e. The van der Waals surface area contributed by atoms with Gasteiger partial charge >= 0.3 is 5.97 Å². The van der Waals surface area contributed by atoms with Crippen molar-refractivity contribution in [1.82, 2.24) is 73.8 Å². The Morgan fingerprint density at radius 3 is 1.14 bits per heavy atom. The van der Waals surface area contributed by atoms with E-state index in [2.05, 4.69) is 95.0 Å². The first-order chi connectivity index (χ1) is 67.2. The average molecular weight is 1900 g/mol. The molecule has 0 aliphatic carbocycles. The maximum absolute atomic E-state index is 14.2. The third kappa shape index (κ3) is 17.6. The Morgan fingerprint density at radius 1 is 0.384 bits per heavy atom. The van der Waals surface area contributed by atoms with E-state index >= 15 is 0 Å². The summed E-state index contributed by atoms with van der Waals surface area (Å²) in [5.74, 6) is -2.66. The van der Waals surface area contributed by atoms with Crippen molar-refractivity contribution in [3.05, 3.63) is 292 Å². The molecule has 6 N–H and O–H groups in total. The van der Waals surface area contributed by atoms with E-state index in [0.717, 1.165) is 251 Å². The molecule has 25 nitrogen and oxygen atoms in total. The van der Waals surface area contributed by atoms with Crippen LogP contribution in [0.1, 0.15) is 140 Å². The number of aryl methyl sites for hydroxylation is 1. The standard InChI is InChI=1S/C23H21F2N3O3.C21H17FN4O.C21H20FN3O3S.C20H17ClFN3O.C20H18FN3O/c24-18-3-1-15(10-19(18)25)28-21-9-14-12-26-27-20(14)11-17(21)16(2-4-22(29)30)23(28)13-5-7-31-8-6-13;22-15-1-3-16(4-2-15)26-20-9-14-12-24-25-19(14)10-17(20)18(11-23)21(26)13-5-7-27-8-6-13;1-29(26,27)21-17-11-18-14(12-23-24-18)10-19(17)25(16-4-2-15(22)3-5-16)20(21)13-6-8-28-9-7-13;21-19-16-10-17-13(11-23-24-17)9-18(16)25(15-3-1-14(22)2-4-15)20(19)12-5-7-26-8-6-12;21-16-1-3-17(4-2-16)24-19(13-5-7-25-8-6-13)10-14-9-18-15(11-20(14)24)12-22-23-18/h1,3,9-13H,2,4-8H2,(H,26,27)(H,29,30);1-4,9-10,12-13H,5-8H2,(H,24,25);2-5,10-13H,6-9H2,1H3,(H,23,24);1-4,9-12H,5-8H2,(H,23,24);1-4,9-13H,5-8H2,(H,22,23). The van der Waals surface area contributed by atoms with Crippen LogP contribution < -0.4 is 0 Å². The van der Waals surface area contributed by atoms with Gasteiger partial charge in [-0.05, 0) is 252 Å². The third-order valence-corrected chi connectivity index (χ3v) is 28.9. The number of rotatable bonds is 14. The molecule has 5 fully saturated rings. The lowest BCUT2D eigenvalue weighted by molar-refractivity contribution is -0.136. The van der Waals surface area contributed by atoms with Gasteiger partial charge in [0.05, 0.1) is 102 Å². The van der Waals surface area contributed by atoms with Crippen LogP contribution in [0.4, 0.5) is 26.3 Å². The Labute approximate surface area is 790 Å². The number of aliphatic carboxylic acids is 1. The molecule has 0 saturated carbocycles. The second kappa shape index (κ2) is 38.4. The van der Waals surface area contributed by atoms with Gasteiger partial charge in [0.15, 0.2) is 21.5 Å². The number of nitriles is 1. The van der Waals surface area contributed by atoms with Crippen molar-refractivity contribution in [2.45, 2.75) is 112 Å². The van der Waals surface area contributed by atoms with Gasteiger partial charge in [-0.25, -0.2) is 34.8 Å². The van der Waals surface area contributed by atoms with Gasteiger partial charge in [0.2, 0.25) is 0 Å². The molecule has 20 aromatic rings. The van der Waals surface area contributed by atoms with Gasteiger partial charge in [0.1, 0.15) is 29.3 Å². The molecule has 0 radical (unpaired) electrons. The average Bonchev–Trinajstić information content (AvgIpc) is 1.57. The fourth-order valence-corrected chi connectivity index (χ4v) is 22.3. The number of benzene rings is 10. The maximum atomic E-state index is 14.2. The Morgan fingerprint density at radius 2 is 0.717 bits per heavy atom. The van der Waals surface area contributed by atoms with E-state index in [1.165, 1.54) is 71.9 Å². The fraction of sp³-hybridized carbons (Fsp3) is 0.267. The van der Waals surface area contributed by atoms with Crippen LogP contribution in [0.15, 0.2) is 218 Å². The fourth-order valence-electron chi connectivity index (χ4n) is 20.8. The number of nitrogens with one attached hydrogen (secondary N) is 5. The monoisotopic (exact) mass is 1900 g/mol. The number of carboxylic acids is 1. The van der Waals surface area contributed by atoms with E-state index in [9.17, 15) is 49.9 Å². The molecule has 0 unspecified atom stereocenters. The van der Waals surface area contributed by atoms with Crippen LogP contribution in [0.2, 0.25) is 5.02 Å². The number of carboxylic acid groups (broad SMARTS) is 1. The minimum Gasteiger partial charge on any atom is -0.481 e. The predicted molar refractivity (Wildman–Crippen MR) is 517 cm³/mol. The van der Waals surface area contributed by atoms with Gasteiger partial charge in [0, 0.05) is 225 Å². The molecule has 33 heteroatoms. The summed E-state index contributed by atoms with van der Waals surface area (Å²) >= 11 is 6.87. The van der Waals surface area contributed by atoms with Crippen molar-refractivity contribution in [3.63, 3.8) is 0 Å². The highest BCUT2D eigenvalue weighted by Crippen LogP contribution is 2.48. The molecular weight excluding hydrogens is 1810 g/mol. The summed E-state index contributed by atoms with van der Waals surface area (Å²) in [6, 6.07) is 54.6. The molecule has 702 valence electrons. The highest BCUT2D eigenvalue weighted by Gasteiger charge is 2.36. The molecule has 0 bridgehead atoms. The number of aromatic nitrogens is 15. The SMILES string of the molecule is CS(=O)(=O)c1c(C2CCOCC2)n(-c2ccc(F)cc2)c2cc3cn[nH]c3cc12.Fc1ccc(-n2c(C3CCOCC3)c(Cl)c3cc4[nH]ncc4cc32)cc1.Fc1ccc(-n2c(C3CCOCC3)cc3cc4[nH]ncc4cc32)cc1.N#Cc1c(C2CCOCC2)n(-c2ccc(F)cc2)c2cc3cn[nH]c3cc12.O=C(O)CCc1c(C2CCOCC2)n(-c2ccc(F)c(F)c2)c2cc3cn[nH]c3cc12. The largest absolute Gasteiger partial charge is 0.481 e. The Bertz CT molecular complexity index is 8120. The molecule has 15 heterocycles. The number of hydrogen-bond donors (Lipinski definition) is 6. The molecule has 0 spiro atoms. The molecule has 10 aromatic heterocycles. The van der Waals surface area contributed by atoms with E-state index in [1.807, 2.05) is 69.9 Å². The Hall–Kier alpha value is -14.2. The van der Waals surface area contributed by atoms with E-state index < -0.39 is 27.4 Å². The van der Waals surface area contributed by atoms with Crippen LogP contribution in [0.5, 0.6) is 0 Å². The molecule has 138 heavy (non-hydrogen) atoms. The second-order valence-electron chi connectivity index (χ2n) is 35.7. The number of aromatic amines is 5. The van der Waals surface area contributed by atoms with Gasteiger partial charge in [-0.15, -0.1) is 0 Å². The first kappa shape index (κ1) is 90.3. The van der Waals surface area contributed by atoms with Crippen LogP contribution in [-0.2, 0) is 44.7 Å². The Balaban J connectivity index is 0.000000103. The Kier molecular flexibility index (Phi) is 25.1. The molecule has 5 aliphatic rings. The first-order valence-corrected chi connectivity index (χ1v) is 48.4. The van der Waals surface area contributed by atoms with Crippen LogP contribution in [0.3, 0.4) is 0 Å². The summed E-state index contributed by atoms with van der Waals surface area (Å²) < 4.78 is 146. The van der Waals surface area contributed by atoms with Crippen molar-refractivity contribution in [2.24, 2.45) is 0 Å². The summed E-state index contributed by atoms with van der Waals surface area (Å²) in [6.45, 7) is 6.80. The van der Waals surface area contributed by atoms with E-state index in [0.29, 0.717) is 79.4 Å². The highest BCUT2D eigenvalue weighted by atomic mass is 35.5. The first-order valence-electron chi connectivity index (χ1n) is 46.1. The number of nitrogens with zero attached hydrogens (tertiary/aromatic N) is 11. The zero-order valence-corrected chi connectivity index (χ0v) is 76.4. The minimum absolute atomic E-state index is 0.0197. The van der Waals surface area contributed by atoms with Crippen molar-refractivity contribution < 1.29 is 68.3 Å². The summed E-state index contributed by atoms with van der Waals surface area (Å²) in [5, 5.41) is 64.9. The quantitative estimate of drug-likeness (QED) is 0.0551. The van der Waals surface area contributed by atoms with E-state index in [-0.39, 0.29) is 47.4 Å². The normalized spacial score (nSPS) is 15.7. The highest BCUT2D eigenvalue weighted by molar-refractivity contribution is 7.91. The number of sulfone groups is 1. The zero-order valence-electron chi connectivity index (χ0n) is 74.8. The predicted octanol–water partition coefficient (Wildman–Crippen LogP) is 22.8. The van der Waals surface area contributed by atoms with Gasteiger partial charge in [-0.3, -0.25) is 30.3 Å². The number of H-pyrrole nitrogens is 5. The van der Waals surface area contributed by atoms with Crippen molar-refractivity contribution in [3.8, 4) is 34.5 Å². The van der Waals surface area contributed by atoms with E-state index in [1.54, 1.807) is 67.3 Å². The minimum atomic E-state index is -3.53. The summed E-state index contributed by atoms with van der Waals surface area (Å²) in [4.78, 5) is 11.7. The molecule has 0 atom stereocenters. The van der Waals surface area contributed by atoms with Gasteiger partial charge < -0.3 is 51.6 Å². The number of carbonyl (C=O) groups is 1. The summed E-state index contributed by atoms with van der Waals surface area (Å²) in [7, 11) is -3.53. The molecule has 5 aliphatic heterocycles. The number of halogens is 7. The molecule has 10 aromatic carbocycles. The van der Waals surface area contributed by atoms with Gasteiger partial charge in [0.25, 0.3) is 0 Å². The smallest absolute Gasteiger partial charge is 0.303 e.